The smallest absolute Gasteiger partial charge is 0.418 e. The van der Waals surface area contributed by atoms with Crippen molar-refractivity contribution in [2.45, 2.75) is 32.0 Å². The number of nitrogens with one attached hydrogen (secondary N) is 1. The van der Waals surface area contributed by atoms with Crippen molar-refractivity contribution in [3.63, 3.8) is 0 Å². The average molecular weight is 454 g/mol. The number of carbonyl (C=O) groups is 1. The van der Waals surface area contributed by atoms with Gasteiger partial charge < -0.3 is 10.1 Å². The number of carbonyl (C=O) groups excluding carboxylic acids is 1. The lowest BCUT2D eigenvalue weighted by molar-refractivity contribution is -0.138. The molecule has 0 unspecified atom stereocenters. The Balaban J connectivity index is 1.97. The number of ether oxygens (including phenoxy) is 1. The van der Waals surface area contributed by atoms with Crippen LogP contribution >= 0.6 is 0 Å². The molecular weight excluding hydrogens is 433 g/mol. The van der Waals surface area contributed by atoms with E-state index in [1.807, 2.05) is 0 Å². The first kappa shape index (κ1) is 22.8. The normalized spacial score (nSPS) is 15.6. The molecule has 1 fully saturated rings. The lowest BCUT2D eigenvalue weighted by atomic mass is 10.1. The van der Waals surface area contributed by atoms with E-state index in [4.69, 9.17) is 4.74 Å². The number of benzene rings is 1. The number of aromatic nitrogens is 1. The molecule has 1 aromatic carbocycles. The van der Waals surface area contributed by atoms with E-state index in [0.717, 1.165) is 24.5 Å². The van der Waals surface area contributed by atoms with E-state index >= 15 is 0 Å². The zero-order valence-corrected chi connectivity index (χ0v) is 17.6. The van der Waals surface area contributed by atoms with Crippen LogP contribution in [-0.2, 0) is 16.0 Å². The molecule has 0 aliphatic heterocycles. The molecular formula is C21H21F3N2O4S. The zero-order chi connectivity index (χ0) is 22.8. The summed E-state index contributed by atoms with van der Waals surface area (Å²) in [5.74, 6) is -0.783. The minimum Gasteiger partial charge on any atom is -0.438 e. The third-order valence-corrected chi connectivity index (χ3v) is 5.30. The van der Waals surface area contributed by atoms with Gasteiger partial charge in [0, 0.05) is 11.7 Å². The fourth-order valence-corrected chi connectivity index (χ4v) is 3.40. The Morgan fingerprint density at radius 2 is 1.90 bits per heavy atom. The number of aryl methyl sites for hydroxylation is 1. The van der Waals surface area contributed by atoms with Crippen LogP contribution in [0.2, 0.25) is 0 Å². The summed E-state index contributed by atoms with van der Waals surface area (Å²) in [5, 5.41) is 3.59. The molecule has 166 valence electrons. The summed E-state index contributed by atoms with van der Waals surface area (Å²) in [5.41, 5.74) is -1.77. The third kappa shape index (κ3) is 6.30. The Morgan fingerprint density at radius 3 is 2.45 bits per heavy atom. The molecule has 0 saturated heterocycles. The van der Waals surface area contributed by atoms with E-state index in [9.17, 15) is 26.4 Å². The first-order valence-corrected chi connectivity index (χ1v) is 11.4. The first-order chi connectivity index (χ1) is 14.4. The van der Waals surface area contributed by atoms with Crippen LogP contribution in [0, 0.1) is 12.8 Å². The summed E-state index contributed by atoms with van der Waals surface area (Å²) in [6.07, 6.45) is -0.808. The molecule has 1 aliphatic carbocycles. The van der Waals surface area contributed by atoms with Gasteiger partial charge in [-0.3, -0.25) is 4.79 Å². The van der Waals surface area contributed by atoms with Crippen molar-refractivity contribution in [3.8, 4) is 11.6 Å². The highest BCUT2D eigenvalue weighted by atomic mass is 32.2. The standard InChI is InChI=1S/C21H21F3N2O4S/c1-13-17(21(22,23)24)12-16(20(25-13)30-15-6-4-3-5-7-15)19(27)26-18(14-8-9-14)10-11-31(2,28)29/h3-7,10-12,14,18H,8-9H2,1-2H3,(H,26,27)/b11-10+/t18-/m1/s1. The molecule has 1 aromatic heterocycles. The molecule has 10 heteroatoms. The number of halogens is 3. The summed E-state index contributed by atoms with van der Waals surface area (Å²) in [6, 6.07) is 8.31. The number of amides is 1. The minimum atomic E-state index is -4.70. The highest BCUT2D eigenvalue weighted by Crippen LogP contribution is 2.36. The van der Waals surface area contributed by atoms with Gasteiger partial charge in [-0.2, -0.15) is 13.2 Å². The Morgan fingerprint density at radius 1 is 1.26 bits per heavy atom. The van der Waals surface area contributed by atoms with Gasteiger partial charge in [-0.25, -0.2) is 13.4 Å². The van der Waals surface area contributed by atoms with Gasteiger partial charge in [-0.1, -0.05) is 24.3 Å². The fraction of sp³-hybridized carbons (Fsp3) is 0.333. The maximum absolute atomic E-state index is 13.4. The quantitative estimate of drug-likeness (QED) is 0.676. The minimum absolute atomic E-state index is 0.0148. The van der Waals surface area contributed by atoms with Crippen molar-refractivity contribution in [2.24, 2.45) is 5.92 Å². The van der Waals surface area contributed by atoms with Crippen LogP contribution in [0.3, 0.4) is 0 Å². The first-order valence-electron chi connectivity index (χ1n) is 9.45. The Bertz CT molecular complexity index is 1100. The SMILES string of the molecule is Cc1nc(Oc2ccccc2)c(C(=O)N[C@H](/C=C/S(C)(=O)=O)C2CC2)cc1C(F)(F)F. The van der Waals surface area contributed by atoms with E-state index in [1.54, 1.807) is 30.3 Å². The monoisotopic (exact) mass is 454 g/mol. The molecule has 6 nitrogen and oxygen atoms in total. The van der Waals surface area contributed by atoms with E-state index in [-0.39, 0.29) is 23.1 Å². The van der Waals surface area contributed by atoms with Crippen molar-refractivity contribution in [1.82, 2.24) is 10.3 Å². The van der Waals surface area contributed by atoms with Gasteiger partial charge in [0.1, 0.15) is 11.3 Å². The number of rotatable bonds is 7. The number of hydrogen-bond donors (Lipinski definition) is 1. The second-order valence-corrected chi connectivity index (χ2v) is 9.31. The lowest BCUT2D eigenvalue weighted by Crippen LogP contribution is -2.35. The third-order valence-electron chi connectivity index (χ3n) is 4.65. The number of para-hydroxylation sites is 1. The van der Waals surface area contributed by atoms with Crippen molar-refractivity contribution in [2.75, 3.05) is 6.26 Å². The predicted octanol–water partition coefficient (Wildman–Crippen LogP) is 4.27. The number of alkyl halides is 3. The molecule has 1 aliphatic rings. The molecule has 1 heterocycles. The highest BCUT2D eigenvalue weighted by Gasteiger charge is 2.36. The number of sulfone groups is 1. The molecule has 1 N–H and O–H groups in total. The number of pyridine rings is 1. The Labute approximate surface area is 178 Å². The molecule has 1 amide bonds. The molecule has 0 spiro atoms. The van der Waals surface area contributed by atoms with Crippen LogP contribution in [0.15, 0.2) is 47.9 Å². The highest BCUT2D eigenvalue weighted by molar-refractivity contribution is 7.93. The second kappa shape index (κ2) is 8.70. The summed E-state index contributed by atoms with van der Waals surface area (Å²) in [4.78, 5) is 16.8. The van der Waals surface area contributed by atoms with E-state index < -0.39 is 33.5 Å². The van der Waals surface area contributed by atoms with Crippen LogP contribution in [0.5, 0.6) is 11.6 Å². The van der Waals surface area contributed by atoms with Gasteiger partial charge in [-0.05, 0) is 43.9 Å². The zero-order valence-electron chi connectivity index (χ0n) is 16.8. The summed E-state index contributed by atoms with van der Waals surface area (Å²) in [6.45, 7) is 1.18. The molecule has 1 atom stereocenters. The second-order valence-electron chi connectivity index (χ2n) is 7.38. The molecule has 3 rings (SSSR count). The number of hydrogen-bond acceptors (Lipinski definition) is 5. The summed E-state index contributed by atoms with van der Waals surface area (Å²) < 4.78 is 68.7. The Hall–Kier alpha value is -2.88. The van der Waals surface area contributed by atoms with Crippen LogP contribution in [0.25, 0.3) is 0 Å². The maximum Gasteiger partial charge on any atom is 0.418 e. The van der Waals surface area contributed by atoms with Gasteiger partial charge >= 0.3 is 6.18 Å². The lowest BCUT2D eigenvalue weighted by Gasteiger charge is -2.18. The van der Waals surface area contributed by atoms with E-state index in [2.05, 4.69) is 10.3 Å². The van der Waals surface area contributed by atoms with Gasteiger partial charge in [-0.15, -0.1) is 0 Å². The van der Waals surface area contributed by atoms with Gasteiger partial charge in [0.05, 0.1) is 17.3 Å². The van der Waals surface area contributed by atoms with Crippen molar-refractivity contribution >= 4 is 15.7 Å². The van der Waals surface area contributed by atoms with Gasteiger partial charge in [0.25, 0.3) is 5.91 Å². The molecule has 0 radical (unpaired) electrons. The molecule has 0 bridgehead atoms. The topological polar surface area (TPSA) is 85.4 Å². The molecule has 31 heavy (non-hydrogen) atoms. The maximum atomic E-state index is 13.4. The number of nitrogens with zero attached hydrogens (tertiary/aromatic N) is 1. The largest absolute Gasteiger partial charge is 0.438 e. The van der Waals surface area contributed by atoms with E-state index in [0.29, 0.717) is 11.8 Å². The average Bonchev–Trinajstić information content (AvgIpc) is 3.49. The Kier molecular flexibility index (Phi) is 6.40. The van der Waals surface area contributed by atoms with Crippen LogP contribution < -0.4 is 10.1 Å². The van der Waals surface area contributed by atoms with Gasteiger partial charge in [0.2, 0.25) is 5.88 Å². The van der Waals surface area contributed by atoms with Crippen LogP contribution in [-0.4, -0.2) is 31.6 Å². The van der Waals surface area contributed by atoms with E-state index in [1.165, 1.54) is 13.0 Å². The van der Waals surface area contributed by atoms with Crippen molar-refractivity contribution in [3.05, 3.63) is 64.7 Å². The molecule has 2 aromatic rings. The molecule has 1 saturated carbocycles. The van der Waals surface area contributed by atoms with Crippen molar-refractivity contribution < 1.29 is 31.1 Å². The van der Waals surface area contributed by atoms with Crippen LogP contribution in [0.4, 0.5) is 13.2 Å². The fourth-order valence-electron chi connectivity index (χ4n) is 2.95. The predicted molar refractivity (Wildman–Crippen MR) is 108 cm³/mol. The summed E-state index contributed by atoms with van der Waals surface area (Å²) >= 11 is 0. The van der Waals surface area contributed by atoms with Gasteiger partial charge in [0.15, 0.2) is 9.84 Å². The van der Waals surface area contributed by atoms with Crippen LogP contribution in [0.1, 0.15) is 34.5 Å². The summed E-state index contributed by atoms with van der Waals surface area (Å²) in [7, 11) is -3.42. The van der Waals surface area contributed by atoms with Crippen molar-refractivity contribution in [1.29, 1.82) is 0 Å².